The van der Waals surface area contributed by atoms with Crippen LogP contribution < -0.4 is 10.6 Å². The molecule has 154 valence electrons. The predicted octanol–water partition coefficient (Wildman–Crippen LogP) is 3.63. The fraction of sp³-hybridized carbons (Fsp3) is 0.429. The molecular formula is C21H27N5O2S. The number of aromatic nitrogens is 3. The third-order valence-electron chi connectivity index (χ3n) is 4.91. The molecule has 0 bridgehead atoms. The van der Waals surface area contributed by atoms with Gasteiger partial charge in [-0.15, -0.1) is 16.8 Å². The monoisotopic (exact) mass is 413 g/mol. The van der Waals surface area contributed by atoms with Crippen molar-refractivity contribution in [2.75, 3.05) is 5.75 Å². The number of nitrogens with one attached hydrogen (secondary N) is 2. The van der Waals surface area contributed by atoms with Crippen LogP contribution >= 0.6 is 11.8 Å². The highest BCUT2D eigenvalue weighted by Crippen LogP contribution is 2.33. The highest BCUT2D eigenvalue weighted by Gasteiger charge is 2.23. The van der Waals surface area contributed by atoms with E-state index in [1.165, 1.54) is 31.0 Å². The van der Waals surface area contributed by atoms with Gasteiger partial charge in [0.05, 0.1) is 5.75 Å². The summed E-state index contributed by atoms with van der Waals surface area (Å²) in [7, 11) is 0. The minimum Gasteiger partial charge on any atom is -0.334 e. The number of benzene rings is 1. The zero-order valence-electron chi connectivity index (χ0n) is 16.5. The normalized spacial score (nSPS) is 14.3. The molecule has 7 nitrogen and oxygen atoms in total. The Balaban J connectivity index is 1.50. The van der Waals surface area contributed by atoms with Crippen LogP contribution in [0.5, 0.6) is 0 Å². The Morgan fingerprint density at radius 1 is 1.17 bits per heavy atom. The molecule has 1 aliphatic carbocycles. The quantitative estimate of drug-likeness (QED) is 0.510. The highest BCUT2D eigenvalue weighted by atomic mass is 32.2. The fourth-order valence-electron chi connectivity index (χ4n) is 3.49. The van der Waals surface area contributed by atoms with Crippen molar-refractivity contribution in [2.24, 2.45) is 0 Å². The standard InChI is InChI=1S/C21H27N5O2S/c1-2-13-26-19(17-11-7-4-8-12-17)24-25-21(26)29-15-18(27)23-20(28)22-14-16-9-5-3-6-10-16/h2-3,5-6,9-10,17H,1,4,7-8,11-15H2,(H2,22,23,27,28). The van der Waals surface area contributed by atoms with Gasteiger partial charge in [0.2, 0.25) is 5.91 Å². The first-order valence-electron chi connectivity index (χ1n) is 9.95. The Bertz CT molecular complexity index is 831. The van der Waals surface area contributed by atoms with Crippen molar-refractivity contribution < 1.29 is 9.59 Å². The van der Waals surface area contributed by atoms with Gasteiger partial charge in [-0.05, 0) is 18.4 Å². The number of thioether (sulfide) groups is 1. The maximum atomic E-state index is 12.1. The van der Waals surface area contributed by atoms with E-state index in [0.717, 1.165) is 24.2 Å². The van der Waals surface area contributed by atoms with Crippen LogP contribution in [-0.2, 0) is 17.9 Å². The van der Waals surface area contributed by atoms with E-state index in [1.54, 1.807) is 0 Å². The number of amides is 3. The summed E-state index contributed by atoms with van der Waals surface area (Å²) in [5.41, 5.74) is 0.970. The summed E-state index contributed by atoms with van der Waals surface area (Å²) in [6.07, 6.45) is 7.78. The molecule has 1 aromatic carbocycles. The third-order valence-corrected chi connectivity index (χ3v) is 5.88. The van der Waals surface area contributed by atoms with Gasteiger partial charge in [0.15, 0.2) is 5.16 Å². The first-order valence-corrected chi connectivity index (χ1v) is 10.9. The summed E-state index contributed by atoms with van der Waals surface area (Å²) in [6, 6.07) is 9.03. The fourth-order valence-corrected chi connectivity index (χ4v) is 4.24. The van der Waals surface area contributed by atoms with E-state index in [1.807, 2.05) is 41.0 Å². The first kappa shape index (κ1) is 21.1. The number of nitrogens with zero attached hydrogens (tertiary/aromatic N) is 3. The van der Waals surface area contributed by atoms with Crippen LogP contribution in [-0.4, -0.2) is 32.5 Å². The van der Waals surface area contributed by atoms with Gasteiger partial charge in [-0.1, -0.05) is 67.4 Å². The molecular weight excluding hydrogens is 386 g/mol. The Hall–Kier alpha value is -2.61. The Kier molecular flexibility index (Phi) is 7.86. The molecule has 0 atom stereocenters. The van der Waals surface area contributed by atoms with Crippen molar-refractivity contribution in [3.8, 4) is 0 Å². The third kappa shape index (κ3) is 6.19. The number of hydrogen-bond acceptors (Lipinski definition) is 5. The van der Waals surface area contributed by atoms with Crippen molar-refractivity contribution in [3.63, 3.8) is 0 Å². The minimum absolute atomic E-state index is 0.0959. The minimum atomic E-state index is -0.505. The molecule has 0 spiro atoms. The van der Waals surface area contributed by atoms with Crippen LogP contribution in [0.25, 0.3) is 0 Å². The second kappa shape index (κ2) is 10.8. The molecule has 1 saturated carbocycles. The molecule has 2 N–H and O–H groups in total. The van der Waals surface area contributed by atoms with Gasteiger partial charge in [-0.25, -0.2) is 4.79 Å². The number of rotatable bonds is 8. The van der Waals surface area contributed by atoms with E-state index in [9.17, 15) is 9.59 Å². The first-order chi connectivity index (χ1) is 14.2. The van der Waals surface area contributed by atoms with Crippen molar-refractivity contribution in [1.29, 1.82) is 0 Å². The van der Waals surface area contributed by atoms with E-state index in [-0.39, 0.29) is 11.7 Å². The predicted molar refractivity (Wildman–Crippen MR) is 114 cm³/mol. The number of urea groups is 1. The molecule has 3 rings (SSSR count). The van der Waals surface area contributed by atoms with Crippen molar-refractivity contribution in [3.05, 3.63) is 54.4 Å². The zero-order valence-corrected chi connectivity index (χ0v) is 17.3. The molecule has 0 unspecified atom stereocenters. The van der Waals surface area contributed by atoms with Gasteiger partial charge >= 0.3 is 6.03 Å². The van der Waals surface area contributed by atoms with E-state index >= 15 is 0 Å². The lowest BCUT2D eigenvalue weighted by Gasteiger charge is -2.21. The van der Waals surface area contributed by atoms with Crippen LogP contribution in [0, 0.1) is 0 Å². The van der Waals surface area contributed by atoms with Crippen molar-refractivity contribution in [1.82, 2.24) is 25.4 Å². The summed E-state index contributed by atoms with van der Waals surface area (Å²) in [5.74, 6) is 1.13. The van der Waals surface area contributed by atoms with E-state index < -0.39 is 6.03 Å². The Morgan fingerprint density at radius 3 is 2.66 bits per heavy atom. The van der Waals surface area contributed by atoms with Gasteiger partial charge in [-0.2, -0.15) is 0 Å². The molecule has 8 heteroatoms. The molecule has 1 aliphatic rings. The zero-order chi connectivity index (χ0) is 20.5. The number of allylic oxidation sites excluding steroid dienone is 1. The molecule has 0 radical (unpaired) electrons. The topological polar surface area (TPSA) is 88.9 Å². The lowest BCUT2D eigenvalue weighted by atomic mass is 9.89. The molecule has 1 fully saturated rings. The van der Waals surface area contributed by atoms with Crippen LogP contribution in [0.3, 0.4) is 0 Å². The van der Waals surface area contributed by atoms with Crippen molar-refractivity contribution in [2.45, 2.75) is 56.3 Å². The van der Waals surface area contributed by atoms with E-state index in [4.69, 9.17) is 0 Å². The number of hydrogen-bond donors (Lipinski definition) is 2. The number of carbonyl (C=O) groups excluding carboxylic acids is 2. The van der Waals surface area contributed by atoms with E-state index in [0.29, 0.717) is 24.2 Å². The van der Waals surface area contributed by atoms with Crippen LogP contribution in [0.4, 0.5) is 4.79 Å². The van der Waals surface area contributed by atoms with Crippen LogP contribution in [0.1, 0.15) is 49.4 Å². The molecule has 1 heterocycles. The summed E-state index contributed by atoms with van der Waals surface area (Å²) in [5, 5.41) is 14.4. The summed E-state index contributed by atoms with van der Waals surface area (Å²) in [4.78, 5) is 24.1. The second-order valence-electron chi connectivity index (χ2n) is 7.08. The Labute approximate surface area is 175 Å². The largest absolute Gasteiger partial charge is 0.334 e. The van der Waals surface area contributed by atoms with Crippen molar-refractivity contribution >= 4 is 23.7 Å². The highest BCUT2D eigenvalue weighted by molar-refractivity contribution is 7.99. The lowest BCUT2D eigenvalue weighted by molar-refractivity contribution is -0.117. The maximum Gasteiger partial charge on any atom is 0.321 e. The molecule has 2 aromatic rings. The van der Waals surface area contributed by atoms with Gasteiger partial charge < -0.3 is 9.88 Å². The van der Waals surface area contributed by atoms with Gasteiger partial charge in [0.25, 0.3) is 0 Å². The molecule has 0 aliphatic heterocycles. The second-order valence-corrected chi connectivity index (χ2v) is 8.02. The van der Waals surface area contributed by atoms with Gasteiger partial charge in [0, 0.05) is 19.0 Å². The average molecular weight is 414 g/mol. The lowest BCUT2D eigenvalue weighted by Crippen LogP contribution is -2.40. The molecule has 29 heavy (non-hydrogen) atoms. The molecule has 0 saturated heterocycles. The smallest absolute Gasteiger partial charge is 0.321 e. The average Bonchev–Trinajstić information content (AvgIpc) is 3.15. The summed E-state index contributed by atoms with van der Waals surface area (Å²) < 4.78 is 2.04. The van der Waals surface area contributed by atoms with E-state index in [2.05, 4.69) is 27.4 Å². The van der Waals surface area contributed by atoms with Crippen LogP contribution in [0.2, 0.25) is 0 Å². The van der Waals surface area contributed by atoms with Gasteiger partial charge in [-0.3, -0.25) is 10.1 Å². The van der Waals surface area contributed by atoms with Gasteiger partial charge in [0.1, 0.15) is 5.82 Å². The molecule has 1 aromatic heterocycles. The SMILES string of the molecule is C=CCn1c(SCC(=O)NC(=O)NCc2ccccc2)nnc1C1CCCCC1. The number of carbonyl (C=O) groups is 2. The summed E-state index contributed by atoms with van der Waals surface area (Å²) >= 11 is 1.29. The van der Waals surface area contributed by atoms with Crippen LogP contribution in [0.15, 0.2) is 48.1 Å². The summed E-state index contributed by atoms with van der Waals surface area (Å²) in [6.45, 7) is 4.80. The number of imide groups is 1. The molecule has 3 amide bonds. The maximum absolute atomic E-state index is 12.1. The Morgan fingerprint density at radius 2 is 1.93 bits per heavy atom.